The first kappa shape index (κ1) is 24.7. The molecule has 0 aromatic carbocycles. The molecule has 160 valence electrons. The van der Waals surface area contributed by atoms with Crippen LogP contribution in [0.2, 0.25) is 0 Å². The van der Waals surface area contributed by atoms with Crippen molar-refractivity contribution in [2.75, 3.05) is 7.11 Å². The van der Waals surface area contributed by atoms with Gasteiger partial charge in [-0.2, -0.15) is 0 Å². The molecule has 0 aliphatic heterocycles. The van der Waals surface area contributed by atoms with Crippen molar-refractivity contribution in [1.82, 2.24) is 0 Å². The van der Waals surface area contributed by atoms with Crippen LogP contribution in [0.5, 0.6) is 0 Å². The molecule has 5 atom stereocenters. The summed E-state index contributed by atoms with van der Waals surface area (Å²) in [5.41, 5.74) is -1.14. The lowest BCUT2D eigenvalue weighted by molar-refractivity contribution is -0.140. The molecule has 3 N–H and O–H groups in total. The summed E-state index contributed by atoms with van der Waals surface area (Å²) >= 11 is 0. The molecule has 1 unspecified atom stereocenters. The molecule has 1 aliphatic carbocycles. The van der Waals surface area contributed by atoms with Gasteiger partial charge in [0.1, 0.15) is 5.60 Å². The molecule has 0 spiro atoms. The molecular weight excluding hydrogens is 356 g/mol. The number of methoxy groups -OCH3 is 1. The Hall–Kier alpha value is -1.35. The number of carbonyl (C=O) groups excluding carboxylic acids is 1. The number of terminal acetylenes is 1. The molecule has 5 nitrogen and oxygen atoms in total. The highest BCUT2D eigenvalue weighted by Gasteiger charge is 2.39. The van der Waals surface area contributed by atoms with E-state index in [-0.39, 0.29) is 17.8 Å². The molecule has 1 saturated carbocycles. The third-order valence-electron chi connectivity index (χ3n) is 5.84. The molecule has 0 aromatic rings. The largest absolute Gasteiger partial charge is 0.469 e. The van der Waals surface area contributed by atoms with E-state index in [1.165, 1.54) is 7.11 Å². The predicted octanol–water partition coefficient (Wildman–Crippen LogP) is 3.36. The molecule has 5 heteroatoms. The predicted molar refractivity (Wildman–Crippen MR) is 110 cm³/mol. The smallest absolute Gasteiger partial charge is 0.305 e. The quantitative estimate of drug-likeness (QED) is 0.193. The second kappa shape index (κ2) is 13.0. The van der Waals surface area contributed by atoms with Gasteiger partial charge in [0.15, 0.2) is 0 Å². The minimum Gasteiger partial charge on any atom is -0.469 e. The Labute approximate surface area is 170 Å². The van der Waals surface area contributed by atoms with Crippen LogP contribution >= 0.6 is 0 Å². The maximum Gasteiger partial charge on any atom is 0.305 e. The number of carbonyl (C=O) groups is 1. The topological polar surface area (TPSA) is 87.0 Å². The third kappa shape index (κ3) is 8.34. The average molecular weight is 395 g/mol. The van der Waals surface area contributed by atoms with Crippen LogP contribution in [0.25, 0.3) is 0 Å². The molecule has 1 fully saturated rings. The Bertz CT molecular complexity index is 524. The van der Waals surface area contributed by atoms with Crippen molar-refractivity contribution in [3.05, 3.63) is 12.2 Å². The first-order chi connectivity index (χ1) is 13.4. The summed E-state index contributed by atoms with van der Waals surface area (Å²) in [5.74, 6) is 2.22. The number of aliphatic hydroxyl groups excluding tert-OH is 2. The maximum absolute atomic E-state index is 11.1. The number of hydrogen-bond acceptors (Lipinski definition) is 5. The van der Waals surface area contributed by atoms with Gasteiger partial charge in [-0.3, -0.25) is 4.79 Å². The molecule has 28 heavy (non-hydrogen) atoms. The summed E-state index contributed by atoms with van der Waals surface area (Å²) in [5, 5.41) is 31.1. The Morgan fingerprint density at radius 2 is 1.93 bits per heavy atom. The molecule has 0 aromatic heterocycles. The zero-order chi connectivity index (χ0) is 21.0. The summed E-state index contributed by atoms with van der Waals surface area (Å²) in [6.45, 7) is 2.06. The van der Waals surface area contributed by atoms with Gasteiger partial charge in [-0.25, -0.2) is 0 Å². The van der Waals surface area contributed by atoms with Gasteiger partial charge in [0.05, 0.1) is 19.3 Å². The van der Waals surface area contributed by atoms with Crippen LogP contribution in [0.1, 0.15) is 77.6 Å². The van der Waals surface area contributed by atoms with Crippen LogP contribution in [-0.4, -0.2) is 46.2 Å². The highest BCUT2D eigenvalue weighted by atomic mass is 16.5. The number of hydrogen-bond donors (Lipinski definition) is 3. The summed E-state index contributed by atoms with van der Waals surface area (Å²) in [4.78, 5) is 11.1. The minimum absolute atomic E-state index is 0.0152. The molecule has 1 aliphatic rings. The summed E-state index contributed by atoms with van der Waals surface area (Å²) in [7, 11) is 1.40. The zero-order valence-corrected chi connectivity index (χ0v) is 17.5. The minimum atomic E-state index is -1.14. The van der Waals surface area contributed by atoms with Gasteiger partial charge in [0, 0.05) is 25.2 Å². The monoisotopic (exact) mass is 394 g/mol. The summed E-state index contributed by atoms with van der Waals surface area (Å²) in [6.07, 6.45) is 16.4. The average Bonchev–Trinajstić information content (AvgIpc) is 2.95. The van der Waals surface area contributed by atoms with Crippen LogP contribution < -0.4 is 0 Å². The van der Waals surface area contributed by atoms with Gasteiger partial charge >= 0.3 is 5.97 Å². The van der Waals surface area contributed by atoms with Crippen molar-refractivity contribution in [2.24, 2.45) is 11.8 Å². The van der Waals surface area contributed by atoms with Crippen molar-refractivity contribution in [3.63, 3.8) is 0 Å². The van der Waals surface area contributed by atoms with E-state index < -0.39 is 17.8 Å². The number of esters is 1. The van der Waals surface area contributed by atoms with Crippen molar-refractivity contribution >= 4 is 5.97 Å². The van der Waals surface area contributed by atoms with E-state index in [4.69, 9.17) is 6.42 Å². The Morgan fingerprint density at radius 1 is 1.21 bits per heavy atom. The van der Waals surface area contributed by atoms with Crippen LogP contribution in [0, 0.1) is 24.2 Å². The molecule has 1 rings (SSSR count). The number of aliphatic hydroxyl groups is 3. The lowest BCUT2D eigenvalue weighted by Gasteiger charge is -2.22. The van der Waals surface area contributed by atoms with Gasteiger partial charge < -0.3 is 20.1 Å². The van der Waals surface area contributed by atoms with Gasteiger partial charge in [-0.05, 0) is 31.6 Å². The van der Waals surface area contributed by atoms with Gasteiger partial charge in [-0.15, -0.1) is 6.42 Å². The van der Waals surface area contributed by atoms with Crippen LogP contribution in [-0.2, 0) is 9.53 Å². The standard InChI is InChI=1S/C23H38O5/c1-4-6-15-23(27,5-2)16-11-13-19-18(20(24)17-21(19)25)12-9-7-8-10-14-22(26)28-3/h2,11,13,18-21,24-25,27H,4,6-10,12,14-17H2,1,3H3/t18-,19-,20+,21-,23?/m1/s1. The van der Waals surface area contributed by atoms with Crippen molar-refractivity contribution < 1.29 is 24.9 Å². The lowest BCUT2D eigenvalue weighted by Crippen LogP contribution is -2.26. The zero-order valence-electron chi connectivity index (χ0n) is 17.5. The van der Waals surface area contributed by atoms with Crippen LogP contribution in [0.3, 0.4) is 0 Å². The van der Waals surface area contributed by atoms with E-state index in [1.54, 1.807) is 0 Å². The number of unbranched alkanes of at least 4 members (excludes halogenated alkanes) is 4. The SMILES string of the molecule is C#CC(O)(CC=C[C@@H]1[C@@H](CCCCCCC(=O)OC)[C@@H](O)C[C@H]1O)CCCC. The Morgan fingerprint density at radius 3 is 2.57 bits per heavy atom. The lowest BCUT2D eigenvalue weighted by atomic mass is 9.87. The van der Waals surface area contributed by atoms with E-state index in [0.29, 0.717) is 25.7 Å². The molecular formula is C23H38O5. The van der Waals surface area contributed by atoms with E-state index >= 15 is 0 Å². The summed E-state index contributed by atoms with van der Waals surface area (Å²) in [6, 6.07) is 0. The maximum atomic E-state index is 11.1. The third-order valence-corrected chi connectivity index (χ3v) is 5.84. The molecule has 0 bridgehead atoms. The van der Waals surface area contributed by atoms with Crippen molar-refractivity contribution in [2.45, 2.75) is 95.4 Å². The Balaban J connectivity index is 2.47. The summed E-state index contributed by atoms with van der Waals surface area (Å²) < 4.78 is 4.63. The van der Waals surface area contributed by atoms with Crippen LogP contribution in [0.4, 0.5) is 0 Å². The second-order valence-corrected chi connectivity index (χ2v) is 8.05. The van der Waals surface area contributed by atoms with E-state index in [0.717, 1.165) is 44.9 Å². The second-order valence-electron chi connectivity index (χ2n) is 8.05. The van der Waals surface area contributed by atoms with Crippen molar-refractivity contribution in [3.8, 4) is 12.3 Å². The number of rotatable bonds is 13. The molecule has 0 amide bonds. The van der Waals surface area contributed by atoms with Crippen molar-refractivity contribution in [1.29, 1.82) is 0 Å². The fraction of sp³-hybridized carbons (Fsp3) is 0.783. The first-order valence-corrected chi connectivity index (χ1v) is 10.7. The normalized spacial score (nSPS) is 26.9. The number of ether oxygens (including phenoxy) is 1. The van der Waals surface area contributed by atoms with E-state index in [2.05, 4.69) is 17.6 Å². The Kier molecular flexibility index (Phi) is 11.4. The highest BCUT2D eigenvalue weighted by Crippen LogP contribution is 2.37. The molecule has 0 saturated heterocycles. The fourth-order valence-corrected chi connectivity index (χ4v) is 4.00. The first-order valence-electron chi connectivity index (χ1n) is 10.7. The fourth-order valence-electron chi connectivity index (χ4n) is 4.00. The van der Waals surface area contributed by atoms with E-state index in [1.807, 2.05) is 12.2 Å². The van der Waals surface area contributed by atoms with Crippen LogP contribution in [0.15, 0.2) is 12.2 Å². The van der Waals surface area contributed by atoms with Gasteiger partial charge in [0.25, 0.3) is 0 Å². The highest BCUT2D eigenvalue weighted by molar-refractivity contribution is 5.68. The van der Waals surface area contributed by atoms with Gasteiger partial charge in [-0.1, -0.05) is 50.7 Å². The van der Waals surface area contributed by atoms with Gasteiger partial charge in [0.2, 0.25) is 0 Å². The molecule has 0 radical (unpaired) electrons. The molecule has 0 heterocycles. The van der Waals surface area contributed by atoms with E-state index in [9.17, 15) is 20.1 Å².